The highest BCUT2D eigenvalue weighted by Crippen LogP contribution is 2.27. The van der Waals surface area contributed by atoms with Gasteiger partial charge in [-0.15, -0.1) is 0 Å². The number of phenolic OH excluding ortho intramolecular Hbond substituents is 2. The minimum absolute atomic E-state index is 0. The molecule has 0 heterocycles. The first-order valence-electron chi connectivity index (χ1n) is 5.83. The summed E-state index contributed by atoms with van der Waals surface area (Å²) in [5.41, 5.74) is 5.69. The maximum Gasteiger partial charge on any atom is 0.335 e. The van der Waals surface area contributed by atoms with Crippen molar-refractivity contribution in [3.8, 4) is 11.5 Å². The predicted octanol–water partition coefficient (Wildman–Crippen LogP) is -2.86. The second-order valence-electron chi connectivity index (χ2n) is 4.07. The Hall–Kier alpha value is -2.44. The molecular weight excluding hydrogens is 318 g/mol. The van der Waals surface area contributed by atoms with Gasteiger partial charge in [0.2, 0.25) is 0 Å². The molecule has 0 unspecified atom stereocenters. The largest absolute Gasteiger partial charge is 0.504 e. The van der Waals surface area contributed by atoms with Gasteiger partial charge in [0.25, 0.3) is 0 Å². The van der Waals surface area contributed by atoms with Crippen molar-refractivity contribution in [2.45, 2.75) is 18.3 Å². The molecule has 11 N–H and O–H groups in total. The van der Waals surface area contributed by atoms with Gasteiger partial charge in [-0.25, -0.2) is 9.59 Å². The molecule has 1 rings (SSSR count). The molecule has 3 atom stereocenters. The number of carboxylic acid groups (broad SMARTS) is 2. The molecule has 1 aromatic carbocycles. The summed E-state index contributed by atoms with van der Waals surface area (Å²) in [4.78, 5) is 19.5. The van der Waals surface area contributed by atoms with Gasteiger partial charge in [0.1, 0.15) is 0 Å². The average molecular weight is 337 g/mol. The smallest absolute Gasteiger partial charge is 0.335 e. The fourth-order valence-electron chi connectivity index (χ4n) is 1.15. The summed E-state index contributed by atoms with van der Waals surface area (Å²) in [7, 11) is 0. The van der Waals surface area contributed by atoms with Gasteiger partial charge in [-0.05, 0) is 17.7 Å². The number of phenols is 2. The van der Waals surface area contributed by atoms with Crippen LogP contribution < -0.4 is 5.73 Å². The van der Waals surface area contributed by atoms with Crippen molar-refractivity contribution >= 4 is 11.9 Å². The fourth-order valence-corrected chi connectivity index (χ4v) is 1.15. The Labute approximate surface area is 129 Å². The van der Waals surface area contributed by atoms with Crippen LogP contribution in [-0.2, 0) is 9.59 Å². The SMILES string of the molecule is NC[C@H](O)c1ccc(O)c(O)c1.O.O=C(O)[C@H](O)[C@@H](O)C(=O)O. The first-order chi connectivity index (χ1) is 10.1. The van der Waals surface area contributed by atoms with Crippen LogP contribution in [0.5, 0.6) is 11.5 Å². The third kappa shape index (κ3) is 7.39. The highest BCUT2D eigenvalue weighted by atomic mass is 16.4. The lowest BCUT2D eigenvalue weighted by Crippen LogP contribution is -2.39. The van der Waals surface area contributed by atoms with Crippen LogP contribution in [0.25, 0.3) is 0 Å². The first-order valence-corrected chi connectivity index (χ1v) is 5.83. The molecule has 132 valence electrons. The molecule has 0 amide bonds. The lowest BCUT2D eigenvalue weighted by atomic mass is 10.1. The number of aromatic hydroxyl groups is 2. The molecule has 0 fully saturated rings. The minimum Gasteiger partial charge on any atom is -0.504 e. The van der Waals surface area contributed by atoms with Gasteiger partial charge in [-0.2, -0.15) is 0 Å². The topological polar surface area (TPSA) is 233 Å². The monoisotopic (exact) mass is 337 g/mol. The standard InChI is InChI=1S/C8H11NO3.C4H6O6.H2O/c9-4-8(12)5-1-2-6(10)7(11)3-5;5-1(3(7)8)2(6)4(9)10;/h1-3,8,10-12H,4,9H2;1-2,5-6H,(H,7,8)(H,9,10);1H2/t8-;1-,2-;/m01./s1. The van der Waals surface area contributed by atoms with E-state index in [0.29, 0.717) is 5.56 Å². The second-order valence-corrected chi connectivity index (χ2v) is 4.07. The van der Waals surface area contributed by atoms with E-state index in [1.807, 2.05) is 0 Å². The molecule has 0 aliphatic rings. The number of benzene rings is 1. The summed E-state index contributed by atoms with van der Waals surface area (Å²) in [6.07, 6.45) is -5.33. The molecule has 1 aromatic rings. The van der Waals surface area contributed by atoms with Crippen molar-refractivity contribution in [2.75, 3.05) is 6.54 Å². The van der Waals surface area contributed by atoms with Crippen LogP contribution in [0.2, 0.25) is 0 Å². The number of rotatable bonds is 5. The first kappa shape index (κ1) is 22.8. The minimum atomic E-state index is -2.27. The summed E-state index contributed by atoms with van der Waals surface area (Å²) in [5.74, 6) is -3.99. The van der Waals surface area contributed by atoms with Gasteiger partial charge < -0.3 is 47.0 Å². The lowest BCUT2D eigenvalue weighted by molar-refractivity contribution is -0.165. The third-order valence-corrected chi connectivity index (χ3v) is 2.41. The highest BCUT2D eigenvalue weighted by molar-refractivity contribution is 5.83. The van der Waals surface area contributed by atoms with Crippen molar-refractivity contribution in [2.24, 2.45) is 5.73 Å². The molecule has 0 saturated carbocycles. The molecular formula is C12H19NO10. The molecule has 0 aliphatic carbocycles. The molecule has 0 spiro atoms. The maximum atomic E-state index is 9.77. The normalized spacial score (nSPS) is 13.6. The molecule has 0 aliphatic heterocycles. The molecule has 0 bridgehead atoms. The quantitative estimate of drug-likeness (QED) is 0.256. The van der Waals surface area contributed by atoms with Crippen LogP contribution >= 0.6 is 0 Å². The molecule has 0 saturated heterocycles. The Morgan fingerprint density at radius 1 is 0.957 bits per heavy atom. The maximum absolute atomic E-state index is 9.77. The van der Waals surface area contributed by atoms with Crippen LogP contribution in [0.4, 0.5) is 0 Å². The number of aliphatic hydroxyl groups is 3. The summed E-state index contributed by atoms with van der Waals surface area (Å²) < 4.78 is 0. The Bertz CT molecular complexity index is 503. The zero-order valence-corrected chi connectivity index (χ0v) is 11.7. The van der Waals surface area contributed by atoms with E-state index < -0.39 is 30.3 Å². The number of hydrogen-bond acceptors (Lipinski definition) is 8. The number of carbonyl (C=O) groups is 2. The highest BCUT2D eigenvalue weighted by Gasteiger charge is 2.29. The number of carboxylic acids is 2. The molecule has 0 radical (unpaired) electrons. The summed E-state index contributed by atoms with van der Waals surface area (Å²) in [5, 5.41) is 59.7. The van der Waals surface area contributed by atoms with Crippen molar-refractivity contribution in [1.29, 1.82) is 0 Å². The van der Waals surface area contributed by atoms with Crippen LogP contribution in [0.1, 0.15) is 11.7 Å². The summed E-state index contributed by atoms with van der Waals surface area (Å²) in [6, 6.07) is 4.10. The Kier molecular flexibility index (Phi) is 10.2. The van der Waals surface area contributed by atoms with Crippen LogP contribution in [0, 0.1) is 0 Å². The van der Waals surface area contributed by atoms with E-state index in [-0.39, 0.29) is 23.5 Å². The Morgan fingerprint density at radius 2 is 1.39 bits per heavy atom. The zero-order chi connectivity index (χ0) is 17.4. The van der Waals surface area contributed by atoms with E-state index in [9.17, 15) is 14.7 Å². The second kappa shape index (κ2) is 10.3. The van der Waals surface area contributed by atoms with E-state index in [4.69, 9.17) is 36.4 Å². The molecule has 0 aromatic heterocycles. The number of aliphatic carboxylic acids is 2. The van der Waals surface area contributed by atoms with Crippen molar-refractivity contribution in [3.05, 3.63) is 23.8 Å². The Morgan fingerprint density at radius 3 is 1.70 bits per heavy atom. The van der Waals surface area contributed by atoms with Gasteiger partial charge in [-0.3, -0.25) is 0 Å². The number of aliphatic hydroxyl groups excluding tert-OH is 3. The van der Waals surface area contributed by atoms with Crippen molar-refractivity contribution in [1.82, 2.24) is 0 Å². The van der Waals surface area contributed by atoms with Gasteiger partial charge in [-0.1, -0.05) is 6.07 Å². The van der Waals surface area contributed by atoms with Gasteiger partial charge in [0.05, 0.1) is 6.10 Å². The van der Waals surface area contributed by atoms with E-state index in [0.717, 1.165) is 0 Å². The summed E-state index contributed by atoms with van der Waals surface area (Å²) >= 11 is 0. The van der Waals surface area contributed by atoms with Crippen LogP contribution in [0.3, 0.4) is 0 Å². The average Bonchev–Trinajstić information content (AvgIpc) is 2.48. The number of hydrogen-bond donors (Lipinski definition) is 8. The van der Waals surface area contributed by atoms with Gasteiger partial charge >= 0.3 is 11.9 Å². The Balaban J connectivity index is 0. The summed E-state index contributed by atoms with van der Waals surface area (Å²) in [6.45, 7) is 0.0875. The van der Waals surface area contributed by atoms with Gasteiger partial charge in [0, 0.05) is 6.54 Å². The third-order valence-electron chi connectivity index (χ3n) is 2.41. The predicted molar refractivity (Wildman–Crippen MR) is 74.7 cm³/mol. The van der Waals surface area contributed by atoms with Crippen molar-refractivity contribution in [3.63, 3.8) is 0 Å². The molecule has 11 nitrogen and oxygen atoms in total. The van der Waals surface area contributed by atoms with E-state index in [1.54, 1.807) is 0 Å². The van der Waals surface area contributed by atoms with E-state index in [2.05, 4.69) is 0 Å². The lowest BCUT2D eigenvalue weighted by Gasteiger charge is -2.08. The molecule has 11 heteroatoms. The van der Waals surface area contributed by atoms with Crippen LogP contribution in [0.15, 0.2) is 18.2 Å². The fraction of sp³-hybridized carbons (Fsp3) is 0.333. The van der Waals surface area contributed by atoms with Crippen molar-refractivity contribution < 1.29 is 50.8 Å². The van der Waals surface area contributed by atoms with Gasteiger partial charge in [0.15, 0.2) is 23.7 Å². The molecule has 23 heavy (non-hydrogen) atoms. The zero-order valence-electron chi connectivity index (χ0n) is 11.7. The number of nitrogens with two attached hydrogens (primary N) is 1. The van der Waals surface area contributed by atoms with Crippen LogP contribution in [-0.4, -0.2) is 71.9 Å². The van der Waals surface area contributed by atoms with E-state index >= 15 is 0 Å². The van der Waals surface area contributed by atoms with E-state index in [1.165, 1.54) is 18.2 Å².